The molecule has 0 fully saturated rings. The van der Waals surface area contributed by atoms with Crippen LogP contribution in [-0.4, -0.2) is 36.8 Å². The molecule has 0 N–H and O–H groups in total. The summed E-state index contributed by atoms with van der Waals surface area (Å²) >= 11 is 7.68. The first-order valence-electron chi connectivity index (χ1n) is 7.58. The van der Waals surface area contributed by atoms with E-state index in [0.717, 1.165) is 21.0 Å². The number of benzene rings is 1. The Balaban J connectivity index is 1.88. The van der Waals surface area contributed by atoms with Crippen molar-refractivity contribution in [2.45, 2.75) is 6.92 Å². The molecule has 2 heterocycles. The molecule has 0 radical (unpaired) electrons. The Kier molecular flexibility index (Phi) is 5.47. The third-order valence-corrected chi connectivity index (χ3v) is 4.78. The van der Waals surface area contributed by atoms with Crippen LogP contribution in [0.25, 0.3) is 20.9 Å². The first-order valence-corrected chi connectivity index (χ1v) is 8.78. The quantitative estimate of drug-likeness (QED) is 0.270. The zero-order valence-corrected chi connectivity index (χ0v) is 15.3. The molecule has 1 aromatic carbocycles. The topological polar surface area (TPSA) is 64.6 Å². The Hall–Kier alpha value is -2.22. The van der Waals surface area contributed by atoms with Crippen molar-refractivity contribution in [2.75, 3.05) is 25.3 Å². The molecule has 8 heteroatoms. The second-order valence-corrected chi connectivity index (χ2v) is 6.51. The van der Waals surface area contributed by atoms with Gasteiger partial charge in [-0.2, -0.15) is 0 Å². The number of anilines is 1. The van der Waals surface area contributed by atoms with Crippen LogP contribution in [0.4, 0.5) is 5.69 Å². The van der Waals surface area contributed by atoms with Crippen molar-refractivity contribution in [3.63, 3.8) is 0 Å². The minimum Gasteiger partial charge on any atom is -0.468 e. The van der Waals surface area contributed by atoms with Gasteiger partial charge >= 0.3 is 0 Å². The number of rotatable bonds is 7. The van der Waals surface area contributed by atoms with Crippen LogP contribution in [0.3, 0.4) is 0 Å². The van der Waals surface area contributed by atoms with E-state index in [1.54, 1.807) is 19.2 Å². The summed E-state index contributed by atoms with van der Waals surface area (Å²) in [7, 11) is 1.62. The number of hydrogen-bond acceptors (Lipinski definition) is 6. The Morgan fingerprint density at radius 2 is 2.12 bits per heavy atom. The van der Waals surface area contributed by atoms with Crippen molar-refractivity contribution >= 4 is 45.3 Å². The second-order valence-electron chi connectivity index (χ2n) is 5.13. The van der Waals surface area contributed by atoms with E-state index in [9.17, 15) is 4.79 Å². The standard InChI is InChI=1S/C17H16ClN3O3S/c1-3-23-10-24-11-4-5-12-15(8-11)25-17(20-12)13-6-7-14(16(18)19-13)21(2)9-22/h4-9H,3,10H2,1-2H3. The molecular weight excluding hydrogens is 362 g/mol. The predicted molar refractivity (Wildman–Crippen MR) is 99.4 cm³/mol. The SMILES string of the molecule is CCOCOc1ccc2nc(-c3ccc(N(C)C=O)c(Cl)n3)sc2c1. The van der Waals surface area contributed by atoms with E-state index in [1.165, 1.54) is 16.2 Å². The first-order chi connectivity index (χ1) is 12.1. The van der Waals surface area contributed by atoms with Crippen molar-refractivity contribution in [2.24, 2.45) is 0 Å². The maximum atomic E-state index is 10.9. The van der Waals surface area contributed by atoms with E-state index in [-0.39, 0.29) is 11.9 Å². The highest BCUT2D eigenvalue weighted by atomic mass is 35.5. The van der Waals surface area contributed by atoms with Gasteiger partial charge in [0.2, 0.25) is 6.41 Å². The van der Waals surface area contributed by atoms with Gasteiger partial charge in [-0.05, 0) is 37.3 Å². The maximum absolute atomic E-state index is 10.9. The number of halogens is 1. The van der Waals surface area contributed by atoms with Crippen molar-refractivity contribution in [3.8, 4) is 16.5 Å². The fourth-order valence-corrected chi connectivity index (χ4v) is 3.41. The van der Waals surface area contributed by atoms with Gasteiger partial charge < -0.3 is 14.4 Å². The third kappa shape index (κ3) is 3.89. The Labute approximate surface area is 154 Å². The molecule has 6 nitrogen and oxygen atoms in total. The molecular formula is C17H16ClN3O3S. The van der Waals surface area contributed by atoms with Gasteiger partial charge in [-0.15, -0.1) is 11.3 Å². The van der Waals surface area contributed by atoms with Crippen molar-refractivity contribution < 1.29 is 14.3 Å². The Morgan fingerprint density at radius 1 is 1.28 bits per heavy atom. The summed E-state index contributed by atoms with van der Waals surface area (Å²) in [6, 6.07) is 9.22. The number of fused-ring (bicyclic) bond motifs is 1. The monoisotopic (exact) mass is 377 g/mol. The van der Waals surface area contributed by atoms with Gasteiger partial charge in [-0.3, -0.25) is 4.79 Å². The van der Waals surface area contributed by atoms with Crippen LogP contribution < -0.4 is 9.64 Å². The van der Waals surface area contributed by atoms with E-state index in [1.807, 2.05) is 25.1 Å². The van der Waals surface area contributed by atoms with E-state index in [0.29, 0.717) is 24.4 Å². The number of ether oxygens (including phenoxy) is 2. The molecule has 25 heavy (non-hydrogen) atoms. The lowest BCUT2D eigenvalue weighted by Gasteiger charge is -2.12. The third-order valence-electron chi connectivity index (χ3n) is 3.46. The van der Waals surface area contributed by atoms with Gasteiger partial charge in [0, 0.05) is 13.7 Å². The van der Waals surface area contributed by atoms with Gasteiger partial charge in [-0.1, -0.05) is 11.6 Å². The summed E-state index contributed by atoms with van der Waals surface area (Å²) in [5, 5.41) is 1.01. The molecule has 0 saturated heterocycles. The van der Waals surface area contributed by atoms with Crippen molar-refractivity contribution in [1.82, 2.24) is 9.97 Å². The summed E-state index contributed by atoms with van der Waals surface area (Å²) in [4.78, 5) is 21.2. The fourth-order valence-electron chi connectivity index (χ4n) is 2.16. The lowest BCUT2D eigenvalue weighted by atomic mass is 10.3. The molecule has 2 aromatic heterocycles. The molecule has 0 aliphatic heterocycles. The van der Waals surface area contributed by atoms with Gasteiger partial charge in [0.25, 0.3) is 0 Å². The number of carbonyl (C=O) groups excluding carboxylic acids is 1. The molecule has 0 aliphatic rings. The average Bonchev–Trinajstić information content (AvgIpc) is 3.04. The van der Waals surface area contributed by atoms with E-state index in [4.69, 9.17) is 21.1 Å². The minimum absolute atomic E-state index is 0.219. The lowest BCUT2D eigenvalue weighted by molar-refractivity contribution is -0.107. The summed E-state index contributed by atoms with van der Waals surface area (Å²) in [5.74, 6) is 0.727. The second kappa shape index (κ2) is 7.77. The Bertz CT molecular complexity index is 900. The molecule has 1 amide bonds. The van der Waals surface area contributed by atoms with Crippen molar-refractivity contribution in [1.29, 1.82) is 0 Å². The summed E-state index contributed by atoms with van der Waals surface area (Å²) in [6.07, 6.45) is 0.685. The van der Waals surface area contributed by atoms with Crippen LogP contribution in [0.15, 0.2) is 30.3 Å². The zero-order valence-electron chi connectivity index (χ0n) is 13.7. The van der Waals surface area contributed by atoms with Crippen LogP contribution in [0.1, 0.15) is 6.92 Å². The van der Waals surface area contributed by atoms with Gasteiger partial charge in [0.1, 0.15) is 16.5 Å². The molecule has 3 rings (SSSR count). The maximum Gasteiger partial charge on any atom is 0.213 e. The van der Waals surface area contributed by atoms with Crippen LogP contribution >= 0.6 is 22.9 Å². The molecule has 0 saturated carbocycles. The van der Waals surface area contributed by atoms with E-state index < -0.39 is 0 Å². The van der Waals surface area contributed by atoms with Gasteiger partial charge in [-0.25, -0.2) is 9.97 Å². The number of hydrogen-bond donors (Lipinski definition) is 0. The zero-order chi connectivity index (χ0) is 17.8. The van der Waals surface area contributed by atoms with E-state index >= 15 is 0 Å². The molecule has 130 valence electrons. The molecule has 0 aliphatic carbocycles. The van der Waals surface area contributed by atoms with Crippen LogP contribution in [0, 0.1) is 0 Å². The van der Waals surface area contributed by atoms with Gasteiger partial charge in [0.15, 0.2) is 11.9 Å². The van der Waals surface area contributed by atoms with Crippen molar-refractivity contribution in [3.05, 3.63) is 35.5 Å². The van der Waals surface area contributed by atoms with Crippen LogP contribution in [0.2, 0.25) is 5.15 Å². The number of aromatic nitrogens is 2. The minimum atomic E-state index is 0.219. The Morgan fingerprint density at radius 3 is 2.84 bits per heavy atom. The number of pyridine rings is 1. The highest BCUT2D eigenvalue weighted by Gasteiger charge is 2.12. The van der Waals surface area contributed by atoms with E-state index in [2.05, 4.69) is 9.97 Å². The molecule has 0 unspecified atom stereocenters. The largest absolute Gasteiger partial charge is 0.468 e. The molecule has 0 spiro atoms. The number of amides is 1. The fraction of sp³-hybridized carbons (Fsp3) is 0.235. The summed E-state index contributed by atoms with van der Waals surface area (Å²) < 4.78 is 11.7. The predicted octanol–water partition coefficient (Wildman–Crippen LogP) is 3.98. The molecule has 0 atom stereocenters. The number of nitrogens with zero attached hydrogens (tertiary/aromatic N) is 3. The van der Waals surface area contributed by atoms with Crippen LogP contribution in [0.5, 0.6) is 5.75 Å². The van der Waals surface area contributed by atoms with Crippen LogP contribution in [-0.2, 0) is 9.53 Å². The molecule has 0 bridgehead atoms. The highest BCUT2D eigenvalue weighted by Crippen LogP contribution is 2.33. The first kappa shape index (κ1) is 17.6. The summed E-state index contributed by atoms with van der Waals surface area (Å²) in [6.45, 7) is 2.74. The number of thiazole rings is 1. The normalized spacial score (nSPS) is 10.8. The lowest BCUT2D eigenvalue weighted by Crippen LogP contribution is -2.14. The highest BCUT2D eigenvalue weighted by molar-refractivity contribution is 7.21. The average molecular weight is 378 g/mol. The number of carbonyl (C=O) groups is 1. The van der Waals surface area contributed by atoms with Gasteiger partial charge in [0.05, 0.1) is 15.9 Å². The summed E-state index contributed by atoms with van der Waals surface area (Å²) in [5.41, 5.74) is 2.06. The smallest absolute Gasteiger partial charge is 0.213 e. The molecule has 3 aromatic rings.